The van der Waals surface area contributed by atoms with E-state index < -0.39 is 29.6 Å². The van der Waals surface area contributed by atoms with Gasteiger partial charge in [-0.15, -0.1) is 0 Å². The molecule has 3 aromatic rings. The molecule has 1 unspecified atom stereocenters. The summed E-state index contributed by atoms with van der Waals surface area (Å²) in [6.07, 6.45) is 7.06. The van der Waals surface area contributed by atoms with Crippen LogP contribution in [-0.4, -0.2) is 59.8 Å². The molecule has 238 valence electrons. The quantitative estimate of drug-likeness (QED) is 0.238. The van der Waals surface area contributed by atoms with Gasteiger partial charge in [0, 0.05) is 43.2 Å². The van der Waals surface area contributed by atoms with E-state index in [1.807, 2.05) is 13.1 Å². The molecule has 5 aliphatic rings. The highest BCUT2D eigenvalue weighted by Crippen LogP contribution is 2.52. The van der Waals surface area contributed by atoms with Gasteiger partial charge in [-0.1, -0.05) is 36.4 Å². The number of H-pyrrole nitrogens is 1. The fourth-order valence-corrected chi connectivity index (χ4v) is 8.19. The molecule has 4 aliphatic heterocycles. The van der Waals surface area contributed by atoms with Crippen molar-refractivity contribution >= 4 is 5.70 Å². The second kappa shape index (κ2) is 10.3. The molecule has 5 N–H and O–H groups in total. The number of nitrogens with one attached hydrogen (secondary N) is 5. The van der Waals surface area contributed by atoms with Gasteiger partial charge < -0.3 is 31.0 Å². The lowest BCUT2D eigenvalue weighted by molar-refractivity contribution is 0.0177. The van der Waals surface area contributed by atoms with Crippen molar-refractivity contribution in [3.05, 3.63) is 71.3 Å². The van der Waals surface area contributed by atoms with Crippen molar-refractivity contribution in [1.29, 1.82) is 0 Å². The molecule has 0 bridgehead atoms. The Labute approximate surface area is 259 Å². The van der Waals surface area contributed by atoms with Crippen LogP contribution in [-0.2, 0) is 16.6 Å². The normalized spacial score (nSPS) is 29.4. The molecule has 8 rings (SSSR count). The molecule has 45 heavy (non-hydrogen) atoms. The maximum Gasteiger partial charge on any atom is 0.262 e. The minimum absolute atomic E-state index is 0.0210. The molecule has 0 amide bonds. The summed E-state index contributed by atoms with van der Waals surface area (Å²) in [5, 5.41) is 12.6. The summed E-state index contributed by atoms with van der Waals surface area (Å²) in [6.45, 7) is 2.72. The molecular formula is C34H38F4N6O. The second-order valence-electron chi connectivity index (χ2n) is 13.7. The molecule has 0 saturated carbocycles. The van der Waals surface area contributed by atoms with E-state index >= 15 is 0 Å². The molecule has 3 atom stereocenters. The van der Waals surface area contributed by atoms with Gasteiger partial charge in [0.2, 0.25) is 0 Å². The summed E-state index contributed by atoms with van der Waals surface area (Å²) in [6, 6.07) is 11.9. The lowest BCUT2D eigenvalue weighted by Crippen LogP contribution is -2.59. The topological polar surface area (TPSA) is 86.0 Å². The number of nitrogens with zero attached hydrogens (tertiary/aromatic N) is 1. The maximum atomic E-state index is 13.9. The van der Waals surface area contributed by atoms with E-state index in [0.29, 0.717) is 5.82 Å². The Kier molecular flexibility index (Phi) is 6.64. The third-order valence-electron chi connectivity index (χ3n) is 10.7. The zero-order chi connectivity index (χ0) is 31.0. The fourth-order valence-electron chi connectivity index (χ4n) is 8.19. The molecule has 5 heterocycles. The van der Waals surface area contributed by atoms with Gasteiger partial charge in [0.25, 0.3) is 11.8 Å². The minimum atomic E-state index is -2.73. The van der Waals surface area contributed by atoms with E-state index in [0.717, 1.165) is 67.0 Å². The average Bonchev–Trinajstić information content (AvgIpc) is 3.86. The number of aromatic nitrogens is 2. The van der Waals surface area contributed by atoms with Gasteiger partial charge in [0.05, 0.1) is 42.8 Å². The maximum absolute atomic E-state index is 13.9. The summed E-state index contributed by atoms with van der Waals surface area (Å²) in [5.74, 6) is -4.88. The Balaban J connectivity index is 1.10. The van der Waals surface area contributed by atoms with E-state index in [-0.39, 0.29) is 31.3 Å². The molecular weight excluding hydrogens is 584 g/mol. The number of hydrogen-bond donors (Lipinski definition) is 5. The van der Waals surface area contributed by atoms with Gasteiger partial charge in [0.1, 0.15) is 11.5 Å². The van der Waals surface area contributed by atoms with E-state index in [1.54, 1.807) is 6.20 Å². The lowest BCUT2D eigenvalue weighted by atomic mass is 9.72. The zero-order valence-electron chi connectivity index (χ0n) is 25.2. The van der Waals surface area contributed by atoms with Crippen molar-refractivity contribution in [2.24, 2.45) is 0 Å². The standard InChI is InChI=1S/C34H38F4N6O/c1-31(28-15-34(37,38)19-41-28)42-17-26(44-31)21-4-2-20(3-5-21)22-6-7-23(24-8-9-32(29(22)24)10-12-45-13-11-32)27-16-39-30(43-27)25-14-33(35,36)18-40-25/h2-7,16-17,25,28,40-42,44H,8-15,18-19H2,1H3,(H,39,43)/t25-,28-,31?/m0/s1. The van der Waals surface area contributed by atoms with Crippen LogP contribution in [0.25, 0.3) is 28.1 Å². The van der Waals surface area contributed by atoms with Crippen molar-refractivity contribution in [1.82, 2.24) is 31.2 Å². The molecule has 1 aromatic heterocycles. The van der Waals surface area contributed by atoms with Crippen LogP contribution in [0.15, 0.2) is 48.8 Å². The Morgan fingerprint density at radius 3 is 2.27 bits per heavy atom. The first-order valence-corrected chi connectivity index (χ1v) is 15.9. The Morgan fingerprint density at radius 2 is 1.56 bits per heavy atom. The lowest BCUT2D eigenvalue weighted by Gasteiger charge is -2.36. The first kappa shape index (κ1) is 29.0. The molecule has 0 radical (unpaired) electrons. The summed E-state index contributed by atoms with van der Waals surface area (Å²) in [4.78, 5) is 7.87. The number of halogens is 4. The van der Waals surface area contributed by atoms with Crippen LogP contribution in [0, 0.1) is 0 Å². The summed E-state index contributed by atoms with van der Waals surface area (Å²) < 4.78 is 61.4. The summed E-state index contributed by atoms with van der Waals surface area (Å²) in [7, 11) is 0. The van der Waals surface area contributed by atoms with Crippen LogP contribution in [0.1, 0.15) is 67.6 Å². The minimum Gasteiger partial charge on any atom is -0.381 e. The number of fused-ring (bicyclic) bond motifs is 2. The van der Waals surface area contributed by atoms with Crippen LogP contribution in [0.2, 0.25) is 0 Å². The van der Waals surface area contributed by atoms with Gasteiger partial charge >= 0.3 is 0 Å². The van der Waals surface area contributed by atoms with Crippen molar-refractivity contribution < 1.29 is 22.3 Å². The van der Waals surface area contributed by atoms with E-state index in [9.17, 15) is 17.6 Å². The first-order valence-electron chi connectivity index (χ1n) is 15.9. The smallest absolute Gasteiger partial charge is 0.262 e. The van der Waals surface area contributed by atoms with E-state index in [1.165, 1.54) is 16.7 Å². The van der Waals surface area contributed by atoms with Crippen LogP contribution in [0.5, 0.6) is 0 Å². The number of ether oxygens (including phenoxy) is 1. The summed E-state index contributed by atoms with van der Waals surface area (Å²) >= 11 is 0. The van der Waals surface area contributed by atoms with Gasteiger partial charge in [-0.25, -0.2) is 22.5 Å². The Bertz CT molecular complexity index is 1650. The van der Waals surface area contributed by atoms with Gasteiger partial charge in [-0.3, -0.25) is 0 Å². The van der Waals surface area contributed by atoms with Gasteiger partial charge in [0.15, 0.2) is 0 Å². The van der Waals surface area contributed by atoms with Crippen molar-refractivity contribution in [2.45, 2.75) is 80.5 Å². The molecule has 1 aliphatic carbocycles. The van der Waals surface area contributed by atoms with Crippen LogP contribution >= 0.6 is 0 Å². The number of rotatable bonds is 5. The molecule has 7 nitrogen and oxygen atoms in total. The Morgan fingerprint density at radius 1 is 0.844 bits per heavy atom. The highest BCUT2D eigenvalue weighted by atomic mass is 19.3. The van der Waals surface area contributed by atoms with Crippen molar-refractivity contribution in [2.75, 3.05) is 26.3 Å². The van der Waals surface area contributed by atoms with E-state index in [2.05, 4.69) is 67.6 Å². The Hall–Kier alpha value is -3.41. The zero-order valence-corrected chi connectivity index (χ0v) is 25.2. The second-order valence-corrected chi connectivity index (χ2v) is 13.7. The molecule has 1 spiro atoms. The number of benzene rings is 2. The number of aromatic amines is 1. The molecule has 3 fully saturated rings. The van der Waals surface area contributed by atoms with Crippen LogP contribution in [0.4, 0.5) is 17.6 Å². The third-order valence-corrected chi connectivity index (χ3v) is 10.7. The number of hydrogen-bond acceptors (Lipinski definition) is 6. The molecule has 3 saturated heterocycles. The highest BCUT2D eigenvalue weighted by Gasteiger charge is 2.49. The van der Waals surface area contributed by atoms with Crippen molar-refractivity contribution in [3.63, 3.8) is 0 Å². The van der Waals surface area contributed by atoms with Crippen molar-refractivity contribution in [3.8, 4) is 22.4 Å². The number of imidazole rings is 1. The third kappa shape index (κ3) is 5.03. The average molecular weight is 623 g/mol. The predicted molar refractivity (Wildman–Crippen MR) is 164 cm³/mol. The van der Waals surface area contributed by atoms with E-state index in [4.69, 9.17) is 4.74 Å². The highest BCUT2D eigenvalue weighted by molar-refractivity contribution is 5.80. The molecule has 2 aromatic carbocycles. The largest absolute Gasteiger partial charge is 0.381 e. The van der Waals surface area contributed by atoms with Crippen LogP contribution < -0.4 is 21.3 Å². The molecule has 11 heteroatoms. The fraction of sp³-hybridized carbons (Fsp3) is 0.500. The summed E-state index contributed by atoms with van der Waals surface area (Å²) in [5.41, 5.74) is 8.06. The SMILES string of the molecule is CC1([C@@H]2CC(F)(F)CN2)NC=C(c2ccc(-c3ccc(-c4cnc([C@@H]5CC(F)(F)CN5)[nH]4)c4c3C3(CCOCC3)CC4)cc2)N1. The van der Waals surface area contributed by atoms with Gasteiger partial charge in [-0.2, -0.15) is 0 Å². The first-order chi connectivity index (χ1) is 21.5. The van der Waals surface area contributed by atoms with Crippen LogP contribution in [0.3, 0.4) is 0 Å². The predicted octanol–water partition coefficient (Wildman–Crippen LogP) is 5.61. The number of alkyl halides is 4. The monoisotopic (exact) mass is 622 g/mol. The van der Waals surface area contributed by atoms with Gasteiger partial charge in [-0.05, 0) is 60.4 Å².